The van der Waals surface area contributed by atoms with Gasteiger partial charge in [-0.2, -0.15) is 5.10 Å². The van der Waals surface area contributed by atoms with Crippen LogP contribution in [0.2, 0.25) is 0 Å². The van der Waals surface area contributed by atoms with E-state index in [0.29, 0.717) is 17.0 Å². The van der Waals surface area contributed by atoms with Crippen LogP contribution < -0.4 is 5.43 Å². The van der Waals surface area contributed by atoms with Crippen molar-refractivity contribution in [1.82, 2.24) is 10.4 Å². The monoisotopic (exact) mass is 392 g/mol. The van der Waals surface area contributed by atoms with Crippen LogP contribution in [0, 0.1) is 16.0 Å². The molecule has 8 heteroatoms. The standard InChI is InChI=1S/C21H20N4O4/c1-12-2-5-17-15(8-12)16-10-14(4-6-18(16)23-17)21(27)24-22-11-13-3-7-20(26)19(9-13)25(28)29/h3-4,6-7,9-12,23,26H,2,5,8H2,1H3,(H,24,27)/b22-11-. The Morgan fingerprint density at radius 1 is 1.34 bits per heavy atom. The number of carbonyl (C=O) groups excluding carboxylic acids is 1. The molecule has 1 aliphatic rings. The number of phenols is 1. The first-order valence-electron chi connectivity index (χ1n) is 9.36. The number of H-pyrrole nitrogens is 1. The molecule has 0 saturated heterocycles. The molecule has 0 radical (unpaired) electrons. The van der Waals surface area contributed by atoms with Crippen LogP contribution in [0.3, 0.4) is 0 Å². The summed E-state index contributed by atoms with van der Waals surface area (Å²) < 4.78 is 0. The number of phenolic OH excluding ortho intramolecular Hbond substituents is 1. The number of aromatic hydroxyl groups is 1. The summed E-state index contributed by atoms with van der Waals surface area (Å²) in [5.41, 5.74) is 6.47. The molecule has 0 fully saturated rings. The van der Waals surface area contributed by atoms with Gasteiger partial charge in [0.2, 0.25) is 0 Å². The number of fused-ring (bicyclic) bond motifs is 3. The number of aromatic nitrogens is 1. The lowest BCUT2D eigenvalue weighted by Gasteiger charge is -2.18. The quantitative estimate of drug-likeness (QED) is 0.356. The van der Waals surface area contributed by atoms with E-state index in [1.807, 2.05) is 12.1 Å². The maximum atomic E-state index is 12.5. The van der Waals surface area contributed by atoms with Gasteiger partial charge in [-0.3, -0.25) is 14.9 Å². The fourth-order valence-corrected chi connectivity index (χ4v) is 3.73. The topological polar surface area (TPSA) is 121 Å². The number of aromatic amines is 1. The molecule has 1 aliphatic carbocycles. The molecule has 1 aromatic heterocycles. The van der Waals surface area contributed by atoms with E-state index in [1.165, 1.54) is 35.7 Å². The maximum Gasteiger partial charge on any atom is 0.311 e. The number of hydrogen-bond donors (Lipinski definition) is 3. The lowest BCUT2D eigenvalue weighted by atomic mass is 9.87. The van der Waals surface area contributed by atoms with Crippen molar-refractivity contribution in [2.75, 3.05) is 0 Å². The van der Waals surface area contributed by atoms with E-state index in [-0.39, 0.29) is 5.91 Å². The van der Waals surface area contributed by atoms with Crippen molar-refractivity contribution in [3.63, 3.8) is 0 Å². The van der Waals surface area contributed by atoms with Crippen LogP contribution >= 0.6 is 0 Å². The fraction of sp³-hybridized carbons (Fsp3) is 0.238. The first-order valence-corrected chi connectivity index (χ1v) is 9.36. The van der Waals surface area contributed by atoms with E-state index in [2.05, 4.69) is 22.4 Å². The van der Waals surface area contributed by atoms with Gasteiger partial charge in [0.1, 0.15) is 0 Å². The second kappa shape index (κ2) is 7.38. The Bertz CT molecular complexity index is 1150. The number of nitro groups is 1. The van der Waals surface area contributed by atoms with Crippen molar-refractivity contribution in [3.8, 4) is 5.75 Å². The van der Waals surface area contributed by atoms with Gasteiger partial charge in [0.25, 0.3) is 5.91 Å². The van der Waals surface area contributed by atoms with E-state index in [4.69, 9.17) is 0 Å². The van der Waals surface area contributed by atoms with Gasteiger partial charge in [0.05, 0.1) is 11.1 Å². The molecule has 1 heterocycles. The minimum Gasteiger partial charge on any atom is -0.502 e. The van der Waals surface area contributed by atoms with E-state index < -0.39 is 16.4 Å². The summed E-state index contributed by atoms with van der Waals surface area (Å²) in [5, 5.41) is 25.3. The second-order valence-electron chi connectivity index (χ2n) is 7.39. The number of amides is 1. The van der Waals surface area contributed by atoms with Gasteiger partial charge in [-0.25, -0.2) is 5.43 Å². The lowest BCUT2D eigenvalue weighted by Crippen LogP contribution is -2.17. The number of carbonyl (C=O) groups is 1. The number of nitro benzene ring substituents is 1. The Morgan fingerprint density at radius 3 is 2.97 bits per heavy atom. The predicted octanol–water partition coefficient (Wildman–Crippen LogP) is 3.67. The Morgan fingerprint density at radius 2 is 2.17 bits per heavy atom. The molecule has 1 unspecified atom stereocenters. The van der Waals surface area contributed by atoms with Gasteiger partial charge >= 0.3 is 5.69 Å². The zero-order valence-electron chi connectivity index (χ0n) is 15.8. The van der Waals surface area contributed by atoms with E-state index >= 15 is 0 Å². The molecule has 1 atom stereocenters. The van der Waals surface area contributed by atoms with Gasteiger partial charge in [-0.1, -0.05) is 6.92 Å². The Kier molecular flexibility index (Phi) is 4.75. The van der Waals surface area contributed by atoms with Crippen LogP contribution in [0.15, 0.2) is 41.5 Å². The number of aryl methyl sites for hydroxylation is 1. The van der Waals surface area contributed by atoms with Crippen LogP contribution in [0.1, 0.15) is 40.5 Å². The summed E-state index contributed by atoms with van der Waals surface area (Å²) >= 11 is 0. The molecule has 3 aromatic rings. The minimum atomic E-state index is -0.682. The largest absolute Gasteiger partial charge is 0.502 e. The Labute approximate surface area is 166 Å². The highest BCUT2D eigenvalue weighted by Crippen LogP contribution is 2.32. The van der Waals surface area contributed by atoms with Gasteiger partial charge < -0.3 is 10.1 Å². The summed E-state index contributed by atoms with van der Waals surface area (Å²) in [5.74, 6) is -0.165. The van der Waals surface area contributed by atoms with E-state index in [0.717, 1.165) is 30.2 Å². The molecular weight excluding hydrogens is 372 g/mol. The van der Waals surface area contributed by atoms with Crippen molar-refractivity contribution >= 4 is 28.7 Å². The first kappa shape index (κ1) is 18.7. The van der Waals surface area contributed by atoms with Gasteiger partial charge in [0, 0.05) is 33.8 Å². The fourth-order valence-electron chi connectivity index (χ4n) is 3.73. The molecule has 0 saturated carbocycles. The van der Waals surface area contributed by atoms with Gasteiger partial charge in [-0.05, 0) is 61.1 Å². The Balaban J connectivity index is 1.52. The summed E-state index contributed by atoms with van der Waals surface area (Å²) in [7, 11) is 0. The average molecular weight is 392 g/mol. The molecule has 0 spiro atoms. The summed E-state index contributed by atoms with van der Waals surface area (Å²) in [6.45, 7) is 2.24. The predicted molar refractivity (Wildman–Crippen MR) is 109 cm³/mol. The lowest BCUT2D eigenvalue weighted by molar-refractivity contribution is -0.385. The molecule has 3 N–H and O–H groups in total. The van der Waals surface area contributed by atoms with Crippen molar-refractivity contribution in [2.24, 2.45) is 11.0 Å². The molecule has 148 valence electrons. The zero-order chi connectivity index (χ0) is 20.5. The SMILES string of the molecule is CC1CCc2[nH]c3ccc(C(=O)N/N=C\c4ccc(O)c([N+](=O)[O-])c4)cc3c2C1. The van der Waals surface area contributed by atoms with Gasteiger partial charge in [0.15, 0.2) is 5.75 Å². The van der Waals surface area contributed by atoms with E-state index in [9.17, 15) is 20.0 Å². The number of hydrazone groups is 1. The molecule has 1 amide bonds. The van der Waals surface area contributed by atoms with Crippen LogP contribution in [0.5, 0.6) is 5.75 Å². The third kappa shape index (κ3) is 3.69. The highest BCUT2D eigenvalue weighted by Gasteiger charge is 2.20. The molecule has 8 nitrogen and oxygen atoms in total. The maximum absolute atomic E-state index is 12.5. The highest BCUT2D eigenvalue weighted by molar-refractivity contribution is 5.99. The molecular formula is C21H20N4O4. The number of rotatable bonds is 4. The summed E-state index contributed by atoms with van der Waals surface area (Å²) in [6.07, 6.45) is 4.48. The van der Waals surface area contributed by atoms with Crippen LogP contribution in [-0.2, 0) is 12.8 Å². The summed E-state index contributed by atoms with van der Waals surface area (Å²) in [4.78, 5) is 26.1. The van der Waals surface area contributed by atoms with Gasteiger partial charge in [-0.15, -0.1) is 0 Å². The number of hydrogen-bond acceptors (Lipinski definition) is 5. The number of benzene rings is 2. The average Bonchev–Trinajstić information content (AvgIpc) is 3.06. The van der Waals surface area contributed by atoms with Crippen LogP contribution in [0.4, 0.5) is 5.69 Å². The van der Waals surface area contributed by atoms with Crippen molar-refractivity contribution in [1.29, 1.82) is 0 Å². The first-order chi connectivity index (χ1) is 13.9. The highest BCUT2D eigenvalue weighted by atomic mass is 16.6. The number of nitrogens with one attached hydrogen (secondary N) is 2. The molecule has 2 aromatic carbocycles. The molecule has 0 aliphatic heterocycles. The molecule has 4 rings (SSSR count). The Hall–Kier alpha value is -3.68. The van der Waals surface area contributed by atoms with Crippen molar-refractivity contribution in [3.05, 3.63) is 68.9 Å². The van der Waals surface area contributed by atoms with Crippen LogP contribution in [-0.4, -0.2) is 27.1 Å². The van der Waals surface area contributed by atoms with Crippen molar-refractivity contribution in [2.45, 2.75) is 26.2 Å². The third-order valence-corrected chi connectivity index (χ3v) is 5.27. The zero-order valence-corrected chi connectivity index (χ0v) is 15.8. The van der Waals surface area contributed by atoms with Crippen molar-refractivity contribution < 1.29 is 14.8 Å². The smallest absolute Gasteiger partial charge is 0.311 e. The summed E-state index contributed by atoms with van der Waals surface area (Å²) in [6, 6.07) is 9.39. The van der Waals surface area contributed by atoms with E-state index in [1.54, 1.807) is 6.07 Å². The molecule has 0 bridgehead atoms. The molecule has 29 heavy (non-hydrogen) atoms. The second-order valence-corrected chi connectivity index (χ2v) is 7.39. The third-order valence-electron chi connectivity index (χ3n) is 5.27. The normalized spacial score (nSPS) is 16.1. The minimum absolute atomic E-state index is 0.366. The number of nitrogens with zero attached hydrogens (tertiary/aromatic N) is 2. The van der Waals surface area contributed by atoms with Crippen LogP contribution in [0.25, 0.3) is 10.9 Å².